The molecule has 0 aliphatic rings. The Kier molecular flexibility index (Phi) is 5.97. The molecule has 29 heavy (non-hydrogen) atoms. The number of para-hydroxylation sites is 1. The highest BCUT2D eigenvalue weighted by Gasteiger charge is 2.10. The molecular weight excluding hydrogens is 408 g/mol. The van der Waals surface area contributed by atoms with Crippen LogP contribution in [0.2, 0.25) is 5.02 Å². The molecule has 0 saturated carbocycles. The van der Waals surface area contributed by atoms with E-state index in [-0.39, 0.29) is 5.91 Å². The van der Waals surface area contributed by atoms with E-state index >= 15 is 0 Å². The highest BCUT2D eigenvalue weighted by atomic mass is 35.5. The van der Waals surface area contributed by atoms with E-state index in [1.165, 1.54) is 11.8 Å². The molecule has 0 unspecified atom stereocenters. The lowest BCUT2D eigenvalue weighted by atomic mass is 10.2. The van der Waals surface area contributed by atoms with E-state index in [2.05, 4.69) is 15.4 Å². The lowest BCUT2D eigenvalue weighted by Crippen LogP contribution is -2.13. The van der Waals surface area contributed by atoms with E-state index in [1.54, 1.807) is 29.4 Å². The van der Waals surface area contributed by atoms with Crippen LogP contribution in [-0.2, 0) is 10.5 Å². The van der Waals surface area contributed by atoms with Crippen LogP contribution in [0.15, 0.2) is 77.7 Å². The topological polar surface area (TPSA) is 73.0 Å². The number of benzene rings is 2. The second-order valence-electron chi connectivity index (χ2n) is 6.18. The van der Waals surface area contributed by atoms with Gasteiger partial charge in [0.1, 0.15) is 6.26 Å². The summed E-state index contributed by atoms with van der Waals surface area (Å²) in [5.41, 5.74) is 3.10. The van der Waals surface area contributed by atoms with E-state index in [0.717, 1.165) is 16.9 Å². The van der Waals surface area contributed by atoms with Crippen LogP contribution < -0.4 is 5.32 Å². The second-order valence-corrected chi connectivity index (χ2v) is 7.57. The molecule has 1 N–H and O–H groups in total. The maximum absolute atomic E-state index is 12.2. The Morgan fingerprint density at radius 2 is 1.93 bits per heavy atom. The first-order chi connectivity index (χ1) is 14.2. The summed E-state index contributed by atoms with van der Waals surface area (Å²) in [7, 11) is 0. The molecule has 4 aromatic rings. The number of aromatic nitrogens is 3. The number of anilines is 1. The van der Waals surface area contributed by atoms with E-state index in [1.807, 2.05) is 48.5 Å². The van der Waals surface area contributed by atoms with Crippen molar-refractivity contribution >= 4 is 35.0 Å². The normalized spacial score (nSPS) is 10.8. The number of nitrogens with zero attached hydrogens (tertiary/aromatic N) is 3. The molecule has 0 aliphatic carbocycles. The van der Waals surface area contributed by atoms with Gasteiger partial charge < -0.3 is 9.73 Å². The van der Waals surface area contributed by atoms with E-state index in [4.69, 9.17) is 16.0 Å². The molecule has 8 heteroatoms. The van der Waals surface area contributed by atoms with Crippen molar-refractivity contribution in [2.24, 2.45) is 0 Å². The number of rotatable bonds is 7. The molecule has 0 spiro atoms. The zero-order chi connectivity index (χ0) is 20.1. The quantitative estimate of drug-likeness (QED) is 0.449. The van der Waals surface area contributed by atoms with Crippen LogP contribution in [0.1, 0.15) is 5.69 Å². The van der Waals surface area contributed by atoms with E-state index < -0.39 is 0 Å². The zero-order valence-electron chi connectivity index (χ0n) is 15.3. The summed E-state index contributed by atoms with van der Waals surface area (Å²) >= 11 is 7.64. The monoisotopic (exact) mass is 424 g/mol. The molecule has 4 rings (SSSR count). The van der Waals surface area contributed by atoms with Gasteiger partial charge in [0.25, 0.3) is 0 Å². The summed E-state index contributed by atoms with van der Waals surface area (Å²) < 4.78 is 7.14. The second kappa shape index (κ2) is 8.98. The Labute approximate surface area is 176 Å². The number of carbonyl (C=O) groups excluding carboxylic acids is 1. The van der Waals surface area contributed by atoms with Crippen LogP contribution in [0.25, 0.3) is 17.1 Å². The lowest BCUT2D eigenvalue weighted by molar-refractivity contribution is -0.113. The van der Waals surface area contributed by atoms with Gasteiger partial charge in [0, 0.05) is 11.3 Å². The third-order valence-electron chi connectivity index (χ3n) is 4.02. The third kappa shape index (κ3) is 4.88. The molecule has 2 aromatic heterocycles. The summed E-state index contributed by atoms with van der Waals surface area (Å²) in [5, 5.41) is 7.68. The smallest absolute Gasteiger partial charge is 0.234 e. The minimum absolute atomic E-state index is 0.111. The van der Waals surface area contributed by atoms with Crippen LogP contribution >= 0.6 is 23.4 Å². The van der Waals surface area contributed by atoms with Gasteiger partial charge in [-0.25, -0.2) is 9.67 Å². The molecule has 0 aliphatic heterocycles. The molecule has 0 fully saturated rings. The van der Waals surface area contributed by atoms with Crippen LogP contribution in [0.4, 0.5) is 5.69 Å². The Bertz CT molecular complexity index is 1110. The molecule has 2 heterocycles. The number of hydrogen-bond acceptors (Lipinski definition) is 5. The van der Waals surface area contributed by atoms with Gasteiger partial charge >= 0.3 is 0 Å². The molecule has 0 radical (unpaired) electrons. The van der Waals surface area contributed by atoms with Gasteiger partial charge in [-0.2, -0.15) is 5.10 Å². The first kappa shape index (κ1) is 19.3. The van der Waals surface area contributed by atoms with Crippen LogP contribution in [0, 0.1) is 0 Å². The third-order valence-corrected chi connectivity index (χ3v) is 5.31. The SMILES string of the molecule is O=C(CSCc1coc(-c2ccccc2)n1)Nc1cnn(-c2ccccc2Cl)c1. The van der Waals surface area contributed by atoms with Crippen molar-refractivity contribution in [1.82, 2.24) is 14.8 Å². The maximum Gasteiger partial charge on any atom is 0.234 e. The van der Waals surface area contributed by atoms with Crippen molar-refractivity contribution < 1.29 is 9.21 Å². The van der Waals surface area contributed by atoms with Gasteiger partial charge in [0.15, 0.2) is 0 Å². The van der Waals surface area contributed by atoms with Crippen molar-refractivity contribution in [3.63, 3.8) is 0 Å². The number of halogens is 1. The summed E-state index contributed by atoms with van der Waals surface area (Å²) in [6.07, 6.45) is 4.95. The number of carbonyl (C=O) groups is 1. The van der Waals surface area contributed by atoms with E-state index in [9.17, 15) is 4.79 Å². The number of thioether (sulfide) groups is 1. The number of nitrogens with one attached hydrogen (secondary N) is 1. The summed E-state index contributed by atoms with van der Waals surface area (Å²) in [6, 6.07) is 17.1. The zero-order valence-corrected chi connectivity index (χ0v) is 16.9. The Hall–Kier alpha value is -3.03. The number of oxazole rings is 1. The molecule has 0 saturated heterocycles. The number of amides is 1. The molecule has 2 aromatic carbocycles. The molecule has 0 atom stereocenters. The van der Waals surface area contributed by atoms with Gasteiger partial charge in [-0.05, 0) is 24.3 Å². The van der Waals surface area contributed by atoms with Crippen LogP contribution in [-0.4, -0.2) is 26.4 Å². The Balaban J connectivity index is 1.28. The largest absolute Gasteiger partial charge is 0.444 e. The van der Waals surface area contributed by atoms with Crippen molar-refractivity contribution in [1.29, 1.82) is 0 Å². The fourth-order valence-corrected chi connectivity index (χ4v) is 3.61. The Morgan fingerprint density at radius 1 is 1.14 bits per heavy atom. The average Bonchev–Trinajstić information content (AvgIpc) is 3.39. The molecule has 1 amide bonds. The first-order valence-corrected chi connectivity index (χ1v) is 10.4. The minimum atomic E-state index is -0.111. The lowest BCUT2D eigenvalue weighted by Gasteiger charge is -2.03. The molecule has 146 valence electrons. The van der Waals surface area contributed by atoms with Gasteiger partial charge in [0.2, 0.25) is 11.8 Å². The summed E-state index contributed by atoms with van der Waals surface area (Å²) in [6.45, 7) is 0. The van der Waals surface area contributed by atoms with Crippen molar-refractivity contribution in [2.45, 2.75) is 5.75 Å². The van der Waals surface area contributed by atoms with Crippen molar-refractivity contribution in [2.75, 3.05) is 11.1 Å². The predicted molar refractivity (Wildman–Crippen MR) is 115 cm³/mol. The van der Waals surface area contributed by atoms with E-state index in [0.29, 0.717) is 28.1 Å². The summed E-state index contributed by atoms with van der Waals surface area (Å²) in [4.78, 5) is 16.7. The van der Waals surface area contributed by atoms with Gasteiger partial charge in [-0.1, -0.05) is 41.9 Å². The molecule has 6 nitrogen and oxygen atoms in total. The van der Waals surface area contributed by atoms with Crippen LogP contribution in [0.5, 0.6) is 0 Å². The fourth-order valence-electron chi connectivity index (χ4n) is 2.69. The standard InChI is InChI=1S/C21H17ClN4O2S/c22-18-8-4-5-9-19(18)26-11-16(10-23-26)24-20(27)14-29-13-17-12-28-21(25-17)15-6-2-1-3-7-15/h1-12H,13-14H2,(H,24,27). The Morgan fingerprint density at radius 3 is 2.76 bits per heavy atom. The highest BCUT2D eigenvalue weighted by molar-refractivity contribution is 7.99. The van der Waals surface area contributed by atoms with Gasteiger partial charge in [-0.15, -0.1) is 11.8 Å². The van der Waals surface area contributed by atoms with Crippen molar-refractivity contribution in [3.8, 4) is 17.1 Å². The summed E-state index contributed by atoms with van der Waals surface area (Å²) in [5.74, 6) is 1.35. The first-order valence-electron chi connectivity index (χ1n) is 8.86. The molecule has 0 bridgehead atoms. The molecular formula is C21H17ClN4O2S. The van der Waals surface area contributed by atoms with Crippen molar-refractivity contribution in [3.05, 3.63) is 84.0 Å². The average molecular weight is 425 g/mol. The maximum atomic E-state index is 12.2. The van der Waals surface area contributed by atoms with Gasteiger partial charge in [-0.3, -0.25) is 4.79 Å². The number of hydrogen-bond donors (Lipinski definition) is 1. The van der Waals surface area contributed by atoms with Crippen LogP contribution in [0.3, 0.4) is 0 Å². The highest BCUT2D eigenvalue weighted by Crippen LogP contribution is 2.22. The minimum Gasteiger partial charge on any atom is -0.444 e. The fraction of sp³-hybridized carbons (Fsp3) is 0.0952. The predicted octanol–water partition coefficient (Wildman–Crippen LogP) is 5.05. The van der Waals surface area contributed by atoms with Gasteiger partial charge in [0.05, 0.1) is 40.2 Å².